The molecule has 194 valence electrons. The van der Waals surface area contributed by atoms with Gasteiger partial charge < -0.3 is 8.98 Å². The van der Waals surface area contributed by atoms with Crippen molar-refractivity contribution in [3.63, 3.8) is 0 Å². The Bertz CT molecular complexity index is 1800. The van der Waals surface area contributed by atoms with Crippen LogP contribution in [0, 0.1) is 0 Å². The molecule has 0 aliphatic heterocycles. The van der Waals surface area contributed by atoms with Crippen molar-refractivity contribution in [2.75, 3.05) is 0 Å². The third-order valence-corrected chi connectivity index (χ3v) is 7.96. The van der Waals surface area contributed by atoms with Gasteiger partial charge in [0.25, 0.3) is 0 Å². The van der Waals surface area contributed by atoms with E-state index in [1.807, 2.05) is 0 Å². The Morgan fingerprint density at radius 2 is 1.11 bits per heavy atom. The lowest BCUT2D eigenvalue weighted by molar-refractivity contribution is 0.550. The van der Waals surface area contributed by atoms with Crippen molar-refractivity contribution in [2.24, 2.45) is 0 Å². The van der Waals surface area contributed by atoms with E-state index >= 15 is 0 Å². The van der Waals surface area contributed by atoms with Crippen molar-refractivity contribution in [3.05, 3.63) is 89.5 Å². The van der Waals surface area contributed by atoms with Crippen molar-refractivity contribution in [3.8, 4) is 5.69 Å². The first-order valence-corrected chi connectivity index (χ1v) is 13.8. The number of hydrogen-bond donors (Lipinski definition) is 0. The van der Waals surface area contributed by atoms with Gasteiger partial charge in [-0.1, -0.05) is 105 Å². The second-order valence-corrected chi connectivity index (χ2v) is 14.0. The molecule has 0 radical (unpaired) electrons. The second-order valence-electron chi connectivity index (χ2n) is 14.0. The maximum absolute atomic E-state index is 6.98. The number of hydrogen-bond acceptors (Lipinski definition) is 1. The molecule has 2 nitrogen and oxygen atoms in total. The minimum atomic E-state index is -0.135. The summed E-state index contributed by atoms with van der Waals surface area (Å²) >= 11 is 0. The Labute approximate surface area is 226 Å². The third-order valence-electron chi connectivity index (χ3n) is 7.96. The van der Waals surface area contributed by atoms with Crippen LogP contribution in [0.25, 0.3) is 49.4 Å². The van der Waals surface area contributed by atoms with Crippen LogP contribution in [-0.4, -0.2) is 4.57 Å². The van der Waals surface area contributed by atoms with Crippen LogP contribution in [0.2, 0.25) is 0 Å². The van der Waals surface area contributed by atoms with Crippen LogP contribution in [0.15, 0.2) is 77.2 Å². The summed E-state index contributed by atoms with van der Waals surface area (Å²) < 4.78 is 9.42. The molecular formula is C36H39NO. The molecule has 0 bridgehead atoms. The van der Waals surface area contributed by atoms with Crippen LogP contribution < -0.4 is 0 Å². The highest BCUT2D eigenvalue weighted by Crippen LogP contribution is 2.45. The minimum absolute atomic E-state index is 0.0368. The number of rotatable bonds is 1. The molecule has 2 aromatic heterocycles. The average Bonchev–Trinajstić information content (AvgIpc) is 3.36. The smallest absolute Gasteiger partial charge is 0.141 e. The summed E-state index contributed by atoms with van der Waals surface area (Å²) in [7, 11) is 0. The SMILES string of the molecule is CC(C)(C)c1cc(C(C)(C)C)c2oc3c(C(C)(C)C)c(-n4c5ccccc5c5ccccc54)ccc3c2c1. The predicted molar refractivity (Wildman–Crippen MR) is 164 cm³/mol. The van der Waals surface area contributed by atoms with E-state index in [0.717, 1.165) is 11.2 Å². The summed E-state index contributed by atoms with van der Waals surface area (Å²) in [6.45, 7) is 20.7. The molecule has 2 heteroatoms. The molecule has 2 heterocycles. The van der Waals surface area contributed by atoms with Crippen LogP contribution in [0.5, 0.6) is 0 Å². The van der Waals surface area contributed by atoms with Crippen molar-refractivity contribution < 1.29 is 4.42 Å². The van der Waals surface area contributed by atoms with Crippen LogP contribution in [-0.2, 0) is 16.2 Å². The molecule has 0 fully saturated rings. The predicted octanol–water partition coefficient (Wildman–Crippen LogP) is 10.6. The van der Waals surface area contributed by atoms with Crippen LogP contribution in [0.3, 0.4) is 0 Å². The van der Waals surface area contributed by atoms with E-state index in [4.69, 9.17) is 4.42 Å². The number of nitrogens with zero attached hydrogens (tertiary/aromatic N) is 1. The van der Waals surface area contributed by atoms with Crippen molar-refractivity contribution in [1.29, 1.82) is 0 Å². The Balaban J connectivity index is 1.80. The molecular weight excluding hydrogens is 462 g/mol. The number of furan rings is 1. The summed E-state index contributed by atoms with van der Waals surface area (Å²) in [5.41, 5.74) is 9.40. The van der Waals surface area contributed by atoms with Gasteiger partial charge in [0, 0.05) is 32.7 Å². The zero-order chi connectivity index (χ0) is 27.2. The normalized spacial score (nSPS) is 13.4. The summed E-state index contributed by atoms with van der Waals surface area (Å²) in [4.78, 5) is 0. The number of aromatic nitrogens is 1. The second kappa shape index (κ2) is 7.99. The number of fused-ring (bicyclic) bond motifs is 6. The fraction of sp³-hybridized carbons (Fsp3) is 0.333. The Kier molecular flexibility index (Phi) is 5.21. The Hall–Kier alpha value is -3.52. The van der Waals surface area contributed by atoms with Gasteiger partial charge in [0.05, 0.1) is 16.7 Å². The van der Waals surface area contributed by atoms with Crippen LogP contribution >= 0.6 is 0 Å². The van der Waals surface area contributed by atoms with E-state index < -0.39 is 0 Å². The number of benzene rings is 4. The molecule has 4 aromatic carbocycles. The van der Waals surface area contributed by atoms with Gasteiger partial charge in [0.2, 0.25) is 0 Å². The van der Waals surface area contributed by atoms with Crippen LogP contribution in [0.1, 0.15) is 79.0 Å². The number of para-hydroxylation sites is 2. The molecule has 38 heavy (non-hydrogen) atoms. The molecule has 0 unspecified atom stereocenters. The van der Waals surface area contributed by atoms with E-state index in [9.17, 15) is 0 Å². The summed E-state index contributed by atoms with van der Waals surface area (Å²) in [5, 5.41) is 4.97. The minimum Gasteiger partial charge on any atom is -0.455 e. The molecule has 6 rings (SSSR count). The zero-order valence-electron chi connectivity index (χ0n) is 24.3. The van der Waals surface area contributed by atoms with E-state index in [-0.39, 0.29) is 16.2 Å². The standard InChI is InChI=1S/C36H39NO/c1-34(2,3)22-20-26-25-18-19-30(37-28-16-12-10-14-23(28)24-15-11-13-17-29(24)37)31(36(7,8)9)33(25)38-32(26)27(21-22)35(4,5)6/h10-21H,1-9H3. The van der Waals surface area contributed by atoms with Gasteiger partial charge >= 0.3 is 0 Å². The van der Waals surface area contributed by atoms with Crippen molar-refractivity contribution in [2.45, 2.75) is 78.6 Å². The molecule has 0 aliphatic carbocycles. The fourth-order valence-electron chi connectivity index (χ4n) is 6.01. The highest BCUT2D eigenvalue weighted by molar-refractivity contribution is 6.11. The maximum Gasteiger partial charge on any atom is 0.141 e. The molecule has 0 aliphatic rings. The fourth-order valence-corrected chi connectivity index (χ4v) is 6.01. The van der Waals surface area contributed by atoms with E-state index in [0.29, 0.717) is 0 Å². The van der Waals surface area contributed by atoms with E-state index in [2.05, 4.69) is 140 Å². The summed E-state index contributed by atoms with van der Waals surface area (Å²) in [6.07, 6.45) is 0. The maximum atomic E-state index is 6.98. The van der Waals surface area contributed by atoms with Gasteiger partial charge in [-0.25, -0.2) is 0 Å². The molecule has 0 saturated heterocycles. The summed E-state index contributed by atoms with van der Waals surface area (Å²) in [5.74, 6) is 0. The first-order chi connectivity index (χ1) is 17.8. The molecule has 0 amide bonds. The van der Waals surface area contributed by atoms with E-state index in [1.165, 1.54) is 55.0 Å². The Morgan fingerprint density at radius 1 is 0.526 bits per heavy atom. The van der Waals surface area contributed by atoms with E-state index in [1.54, 1.807) is 0 Å². The van der Waals surface area contributed by atoms with Crippen molar-refractivity contribution >= 4 is 43.7 Å². The molecule has 0 N–H and O–H groups in total. The van der Waals surface area contributed by atoms with Gasteiger partial charge in [-0.2, -0.15) is 0 Å². The first kappa shape index (κ1) is 24.8. The van der Waals surface area contributed by atoms with Gasteiger partial charge in [-0.3, -0.25) is 0 Å². The van der Waals surface area contributed by atoms with Crippen molar-refractivity contribution in [1.82, 2.24) is 4.57 Å². The largest absolute Gasteiger partial charge is 0.455 e. The lowest BCUT2D eigenvalue weighted by atomic mass is 9.79. The quantitative estimate of drug-likeness (QED) is 0.219. The lowest BCUT2D eigenvalue weighted by Crippen LogP contribution is -2.16. The third kappa shape index (κ3) is 3.68. The first-order valence-electron chi connectivity index (χ1n) is 13.8. The van der Waals surface area contributed by atoms with Gasteiger partial charge in [-0.15, -0.1) is 0 Å². The highest BCUT2D eigenvalue weighted by Gasteiger charge is 2.30. The Morgan fingerprint density at radius 3 is 1.63 bits per heavy atom. The lowest BCUT2D eigenvalue weighted by Gasteiger charge is -2.25. The molecule has 0 spiro atoms. The topological polar surface area (TPSA) is 18.1 Å². The highest BCUT2D eigenvalue weighted by atomic mass is 16.3. The monoisotopic (exact) mass is 501 g/mol. The molecule has 6 aromatic rings. The zero-order valence-corrected chi connectivity index (χ0v) is 24.3. The molecule has 0 atom stereocenters. The van der Waals surface area contributed by atoms with Gasteiger partial charge in [-0.05, 0) is 52.1 Å². The van der Waals surface area contributed by atoms with Gasteiger partial charge in [0.15, 0.2) is 0 Å². The average molecular weight is 502 g/mol. The molecule has 0 saturated carbocycles. The summed E-state index contributed by atoms with van der Waals surface area (Å²) in [6, 6.07) is 26.8. The van der Waals surface area contributed by atoms with Crippen LogP contribution in [0.4, 0.5) is 0 Å². The van der Waals surface area contributed by atoms with Gasteiger partial charge in [0.1, 0.15) is 11.2 Å².